The summed E-state index contributed by atoms with van der Waals surface area (Å²) in [6, 6.07) is 4.33. The second-order valence-corrected chi connectivity index (χ2v) is 8.80. The van der Waals surface area contributed by atoms with Gasteiger partial charge in [-0.25, -0.2) is 27.3 Å². The summed E-state index contributed by atoms with van der Waals surface area (Å²) in [5, 5.41) is 10.8. The number of benzene rings is 1. The summed E-state index contributed by atoms with van der Waals surface area (Å²) < 4.78 is 61.5. The molecule has 14 heteroatoms. The van der Waals surface area contributed by atoms with E-state index in [0.29, 0.717) is 23.2 Å². The van der Waals surface area contributed by atoms with Crippen molar-refractivity contribution in [2.24, 2.45) is 5.14 Å². The minimum Gasteiger partial charge on any atom is -0.481 e. The summed E-state index contributed by atoms with van der Waals surface area (Å²) in [5.41, 5.74) is 0.778. The van der Waals surface area contributed by atoms with Crippen molar-refractivity contribution >= 4 is 44.3 Å². The number of pyridine rings is 2. The molecule has 1 amide bonds. The van der Waals surface area contributed by atoms with Gasteiger partial charge < -0.3 is 20.1 Å². The smallest absolute Gasteiger partial charge is 0.303 e. The van der Waals surface area contributed by atoms with Crippen LogP contribution in [0.25, 0.3) is 11.0 Å². The van der Waals surface area contributed by atoms with Crippen LogP contribution in [0.15, 0.2) is 29.2 Å². The van der Waals surface area contributed by atoms with Crippen LogP contribution in [0.4, 0.5) is 20.2 Å². The third-order valence-electron chi connectivity index (χ3n) is 4.75. The monoisotopic (exact) mass is 509 g/mol. The second-order valence-electron chi connectivity index (χ2n) is 7.27. The Hall–Kier alpha value is -3.91. The largest absolute Gasteiger partial charge is 0.481 e. The van der Waals surface area contributed by atoms with E-state index in [1.165, 1.54) is 13.2 Å². The number of sulfonamides is 1. The Balaban J connectivity index is 2.04. The molecule has 0 radical (unpaired) electrons. The summed E-state index contributed by atoms with van der Waals surface area (Å²) in [5.74, 6) is -3.28. The number of hydrogen-bond donors (Lipinski definition) is 3. The summed E-state index contributed by atoms with van der Waals surface area (Å²) >= 11 is 0. The predicted octanol–water partition coefficient (Wildman–Crippen LogP) is 1.99. The van der Waals surface area contributed by atoms with Crippen LogP contribution in [-0.4, -0.2) is 44.0 Å². The molecule has 0 spiro atoms. The van der Waals surface area contributed by atoms with Crippen molar-refractivity contribution in [2.45, 2.75) is 25.3 Å². The Morgan fingerprint density at radius 3 is 2.46 bits per heavy atom. The highest BCUT2D eigenvalue weighted by molar-refractivity contribution is 7.89. The zero-order valence-electron chi connectivity index (χ0n) is 18.8. The number of esters is 1. The molecule has 3 aromatic rings. The van der Waals surface area contributed by atoms with Crippen molar-refractivity contribution in [3.8, 4) is 5.88 Å². The number of nitrogens with one attached hydrogen (secondary N) is 2. The van der Waals surface area contributed by atoms with Crippen LogP contribution in [-0.2, 0) is 30.9 Å². The quantitative estimate of drug-likeness (QED) is 0.385. The van der Waals surface area contributed by atoms with Crippen molar-refractivity contribution in [3.63, 3.8) is 0 Å². The van der Waals surface area contributed by atoms with Crippen LogP contribution >= 0.6 is 0 Å². The lowest BCUT2D eigenvalue weighted by Gasteiger charge is -2.18. The number of primary sulfonamides is 1. The highest BCUT2D eigenvalue weighted by Crippen LogP contribution is 2.34. The standard InChI is InChI=1S/C21H21F2N5O6S/c1-10-19(27-17(30)9-34-11(2)29)20(13-4-5-18(33-3)28-21(13)26-10)25-8-12-6-15(23)16(7-14(12)22)35(24,31)32/h4-7H,8-9H2,1-3H3,(H,27,30)(H2,24,31,32)(H,25,26,28). The molecule has 0 atom stereocenters. The molecule has 0 saturated heterocycles. The first-order valence-corrected chi connectivity index (χ1v) is 11.5. The molecular formula is C21H21F2N5O6S. The van der Waals surface area contributed by atoms with Gasteiger partial charge in [0.15, 0.2) is 12.3 Å². The van der Waals surface area contributed by atoms with E-state index in [0.717, 1.165) is 6.92 Å². The molecule has 2 heterocycles. The number of ether oxygens (including phenoxy) is 2. The number of aromatic nitrogens is 2. The van der Waals surface area contributed by atoms with Crippen LogP contribution in [0, 0.1) is 18.6 Å². The van der Waals surface area contributed by atoms with Crippen LogP contribution in [0.3, 0.4) is 0 Å². The SMILES string of the molecule is COc1ccc2c(NCc3cc(F)c(S(N)(=O)=O)cc3F)c(NC(=O)COC(C)=O)c(C)nc2n1. The molecule has 186 valence electrons. The van der Waals surface area contributed by atoms with Crippen molar-refractivity contribution in [1.82, 2.24) is 9.97 Å². The third-order valence-corrected chi connectivity index (χ3v) is 5.67. The number of halogens is 2. The van der Waals surface area contributed by atoms with Gasteiger partial charge in [0.2, 0.25) is 15.9 Å². The van der Waals surface area contributed by atoms with E-state index in [-0.39, 0.29) is 35.0 Å². The Labute approximate surface area is 198 Å². The number of nitrogens with two attached hydrogens (primary N) is 1. The van der Waals surface area contributed by atoms with Gasteiger partial charge >= 0.3 is 5.97 Å². The van der Waals surface area contributed by atoms with E-state index in [1.54, 1.807) is 13.0 Å². The number of hydrogen-bond acceptors (Lipinski definition) is 9. The van der Waals surface area contributed by atoms with Gasteiger partial charge in [-0.05, 0) is 25.1 Å². The first-order valence-electron chi connectivity index (χ1n) is 9.94. The number of carbonyl (C=O) groups excluding carboxylic acids is 2. The van der Waals surface area contributed by atoms with Gasteiger partial charge in [0.25, 0.3) is 5.91 Å². The molecule has 0 unspecified atom stereocenters. The number of amides is 1. The predicted molar refractivity (Wildman–Crippen MR) is 121 cm³/mol. The molecule has 0 aliphatic carbocycles. The number of nitrogens with zero attached hydrogens (tertiary/aromatic N) is 2. The van der Waals surface area contributed by atoms with Gasteiger partial charge in [0, 0.05) is 30.5 Å². The lowest BCUT2D eigenvalue weighted by molar-refractivity contribution is -0.144. The van der Waals surface area contributed by atoms with Gasteiger partial charge in [0.05, 0.1) is 24.2 Å². The maximum atomic E-state index is 14.6. The Kier molecular flexibility index (Phi) is 7.45. The Morgan fingerprint density at radius 2 is 1.83 bits per heavy atom. The average Bonchev–Trinajstić information content (AvgIpc) is 2.78. The Morgan fingerprint density at radius 1 is 1.11 bits per heavy atom. The topological polar surface area (TPSA) is 163 Å². The summed E-state index contributed by atoms with van der Waals surface area (Å²) in [6.45, 7) is 1.86. The molecule has 0 fully saturated rings. The normalized spacial score (nSPS) is 11.3. The molecule has 0 saturated carbocycles. The fourth-order valence-electron chi connectivity index (χ4n) is 3.14. The van der Waals surface area contributed by atoms with Crippen LogP contribution < -0.4 is 20.5 Å². The number of methoxy groups -OCH3 is 1. The molecule has 0 aliphatic heterocycles. The average molecular weight is 509 g/mol. The van der Waals surface area contributed by atoms with Gasteiger partial charge in [0.1, 0.15) is 16.5 Å². The molecule has 2 aromatic heterocycles. The highest BCUT2D eigenvalue weighted by atomic mass is 32.2. The van der Waals surface area contributed by atoms with E-state index < -0.39 is 45.0 Å². The summed E-state index contributed by atoms with van der Waals surface area (Å²) in [6.07, 6.45) is 0. The molecule has 3 rings (SSSR count). The van der Waals surface area contributed by atoms with Crippen LogP contribution in [0.2, 0.25) is 0 Å². The zero-order valence-corrected chi connectivity index (χ0v) is 19.6. The van der Waals surface area contributed by atoms with E-state index >= 15 is 0 Å². The molecule has 11 nitrogen and oxygen atoms in total. The summed E-state index contributed by atoms with van der Waals surface area (Å²) in [7, 11) is -3.04. The number of anilines is 2. The lowest BCUT2D eigenvalue weighted by atomic mass is 10.1. The van der Waals surface area contributed by atoms with Gasteiger partial charge in [-0.15, -0.1) is 0 Å². The van der Waals surface area contributed by atoms with Crippen molar-refractivity contribution < 1.29 is 36.3 Å². The van der Waals surface area contributed by atoms with Gasteiger partial charge in [-0.3, -0.25) is 9.59 Å². The Bertz CT molecular complexity index is 1430. The first-order chi connectivity index (χ1) is 16.4. The van der Waals surface area contributed by atoms with Gasteiger partial charge in [-0.1, -0.05) is 0 Å². The van der Waals surface area contributed by atoms with E-state index in [1.807, 2.05) is 0 Å². The van der Waals surface area contributed by atoms with Crippen molar-refractivity contribution in [1.29, 1.82) is 0 Å². The molecular weight excluding hydrogens is 488 g/mol. The van der Waals surface area contributed by atoms with Crippen molar-refractivity contribution in [2.75, 3.05) is 24.4 Å². The molecule has 1 aromatic carbocycles. The zero-order chi connectivity index (χ0) is 25.9. The fourth-order valence-corrected chi connectivity index (χ4v) is 3.74. The van der Waals surface area contributed by atoms with Crippen LogP contribution in [0.1, 0.15) is 18.2 Å². The van der Waals surface area contributed by atoms with Crippen LogP contribution in [0.5, 0.6) is 5.88 Å². The number of fused-ring (bicyclic) bond motifs is 1. The molecule has 0 aliphatic rings. The minimum atomic E-state index is -4.46. The maximum absolute atomic E-state index is 14.6. The molecule has 4 N–H and O–H groups in total. The van der Waals surface area contributed by atoms with Gasteiger partial charge in [-0.2, -0.15) is 4.98 Å². The lowest BCUT2D eigenvalue weighted by Crippen LogP contribution is -2.22. The molecule has 0 bridgehead atoms. The minimum absolute atomic E-state index is 0.184. The van der Waals surface area contributed by atoms with Crippen molar-refractivity contribution in [3.05, 3.63) is 47.2 Å². The van der Waals surface area contributed by atoms with E-state index in [9.17, 15) is 26.8 Å². The fraction of sp³-hybridized carbons (Fsp3) is 0.238. The number of aryl methyl sites for hydroxylation is 1. The van der Waals surface area contributed by atoms with E-state index in [4.69, 9.17) is 14.6 Å². The number of rotatable bonds is 8. The second kappa shape index (κ2) is 10.1. The van der Waals surface area contributed by atoms with E-state index in [2.05, 4.69) is 20.6 Å². The molecule has 35 heavy (non-hydrogen) atoms. The third kappa shape index (κ3) is 5.96. The number of carbonyl (C=O) groups is 2. The highest BCUT2D eigenvalue weighted by Gasteiger charge is 2.20. The summed E-state index contributed by atoms with van der Waals surface area (Å²) in [4.78, 5) is 30.9. The first kappa shape index (κ1) is 25.7. The maximum Gasteiger partial charge on any atom is 0.303 e.